The highest BCUT2D eigenvalue weighted by Crippen LogP contribution is 2.08. The maximum absolute atomic E-state index is 5.62. The Labute approximate surface area is 124 Å². The standard InChI is InChI=1S/C18H29NO/c1-15(2)11-13-20-14-17-8-6-16(7-9-17)10-12-19-18(3,4)5/h6-9,19H,1,10-14H2,2-5H3. The topological polar surface area (TPSA) is 21.3 Å². The first-order valence-corrected chi connectivity index (χ1v) is 7.42. The minimum absolute atomic E-state index is 0.192. The van der Waals surface area contributed by atoms with Crippen LogP contribution in [0.5, 0.6) is 0 Å². The van der Waals surface area contributed by atoms with E-state index in [-0.39, 0.29) is 5.54 Å². The molecular weight excluding hydrogens is 246 g/mol. The maximum Gasteiger partial charge on any atom is 0.0717 e. The lowest BCUT2D eigenvalue weighted by atomic mass is 10.1. The Bertz CT molecular complexity index is 400. The average molecular weight is 275 g/mol. The van der Waals surface area contributed by atoms with E-state index in [4.69, 9.17) is 4.74 Å². The Hall–Kier alpha value is -1.12. The third-order valence-corrected chi connectivity index (χ3v) is 3.03. The van der Waals surface area contributed by atoms with Gasteiger partial charge in [0.15, 0.2) is 0 Å². The van der Waals surface area contributed by atoms with E-state index in [1.165, 1.54) is 16.7 Å². The average Bonchev–Trinajstić information content (AvgIpc) is 2.34. The molecule has 20 heavy (non-hydrogen) atoms. The lowest BCUT2D eigenvalue weighted by Gasteiger charge is -2.20. The molecule has 1 aromatic rings. The van der Waals surface area contributed by atoms with Crippen molar-refractivity contribution in [2.45, 2.75) is 52.7 Å². The van der Waals surface area contributed by atoms with Gasteiger partial charge in [0.25, 0.3) is 0 Å². The number of nitrogens with one attached hydrogen (secondary N) is 1. The molecule has 0 heterocycles. The van der Waals surface area contributed by atoms with Crippen LogP contribution in [0.3, 0.4) is 0 Å². The monoisotopic (exact) mass is 275 g/mol. The van der Waals surface area contributed by atoms with Crippen LogP contribution in [0.15, 0.2) is 36.4 Å². The molecule has 0 aliphatic heterocycles. The van der Waals surface area contributed by atoms with Crippen molar-refractivity contribution in [3.63, 3.8) is 0 Å². The number of benzene rings is 1. The Morgan fingerprint density at radius 1 is 1.15 bits per heavy atom. The van der Waals surface area contributed by atoms with Gasteiger partial charge in [0, 0.05) is 5.54 Å². The van der Waals surface area contributed by atoms with Gasteiger partial charge in [-0.15, -0.1) is 6.58 Å². The normalized spacial score (nSPS) is 11.6. The fraction of sp³-hybridized carbons (Fsp3) is 0.556. The lowest BCUT2D eigenvalue weighted by Crippen LogP contribution is -2.37. The minimum atomic E-state index is 0.192. The van der Waals surface area contributed by atoms with Crippen molar-refractivity contribution >= 4 is 0 Å². The fourth-order valence-electron chi connectivity index (χ4n) is 1.82. The number of hydrogen-bond acceptors (Lipinski definition) is 2. The highest BCUT2D eigenvalue weighted by Gasteiger charge is 2.07. The lowest BCUT2D eigenvalue weighted by molar-refractivity contribution is 0.124. The molecular formula is C18H29NO. The van der Waals surface area contributed by atoms with Crippen molar-refractivity contribution in [2.24, 2.45) is 0 Å². The predicted molar refractivity (Wildman–Crippen MR) is 87.0 cm³/mol. The zero-order valence-electron chi connectivity index (χ0n) is 13.5. The molecule has 0 spiro atoms. The molecule has 1 N–H and O–H groups in total. The second kappa shape index (κ2) is 8.23. The summed E-state index contributed by atoms with van der Waals surface area (Å²) in [6, 6.07) is 8.71. The third kappa shape index (κ3) is 8.13. The van der Waals surface area contributed by atoms with Crippen LogP contribution in [0.4, 0.5) is 0 Å². The van der Waals surface area contributed by atoms with E-state index in [2.05, 4.69) is 56.9 Å². The molecule has 2 heteroatoms. The van der Waals surface area contributed by atoms with Gasteiger partial charge in [-0.3, -0.25) is 0 Å². The van der Waals surface area contributed by atoms with Gasteiger partial charge in [-0.1, -0.05) is 29.8 Å². The SMILES string of the molecule is C=C(C)CCOCc1ccc(CCNC(C)(C)C)cc1. The number of ether oxygens (including phenoxy) is 1. The van der Waals surface area contributed by atoms with Crippen LogP contribution in [0.1, 0.15) is 45.2 Å². The molecule has 112 valence electrons. The van der Waals surface area contributed by atoms with Crippen LogP contribution >= 0.6 is 0 Å². The number of rotatable bonds is 8. The quantitative estimate of drug-likeness (QED) is 0.569. The minimum Gasteiger partial charge on any atom is -0.376 e. The van der Waals surface area contributed by atoms with Gasteiger partial charge < -0.3 is 10.1 Å². The Morgan fingerprint density at radius 3 is 2.30 bits per heavy atom. The molecule has 0 aliphatic rings. The second-order valence-corrected chi connectivity index (χ2v) is 6.50. The maximum atomic E-state index is 5.62. The Balaban J connectivity index is 2.27. The summed E-state index contributed by atoms with van der Waals surface area (Å²) in [4.78, 5) is 0. The zero-order chi connectivity index (χ0) is 15.0. The van der Waals surface area contributed by atoms with Gasteiger partial charge in [0.2, 0.25) is 0 Å². The highest BCUT2D eigenvalue weighted by atomic mass is 16.5. The summed E-state index contributed by atoms with van der Waals surface area (Å²) in [6.45, 7) is 14.9. The van der Waals surface area contributed by atoms with Crippen LogP contribution in [-0.2, 0) is 17.8 Å². The summed E-state index contributed by atoms with van der Waals surface area (Å²) >= 11 is 0. The van der Waals surface area contributed by atoms with Gasteiger partial charge in [-0.25, -0.2) is 0 Å². The first-order chi connectivity index (χ1) is 9.37. The van der Waals surface area contributed by atoms with Crippen LogP contribution in [0.25, 0.3) is 0 Å². The first-order valence-electron chi connectivity index (χ1n) is 7.42. The molecule has 0 fully saturated rings. The smallest absolute Gasteiger partial charge is 0.0717 e. The highest BCUT2D eigenvalue weighted by molar-refractivity contribution is 5.22. The van der Waals surface area contributed by atoms with E-state index < -0.39 is 0 Å². The van der Waals surface area contributed by atoms with Crippen molar-refractivity contribution in [2.75, 3.05) is 13.2 Å². The van der Waals surface area contributed by atoms with E-state index in [0.717, 1.165) is 26.0 Å². The molecule has 0 atom stereocenters. The summed E-state index contributed by atoms with van der Waals surface area (Å²) in [5, 5.41) is 3.50. The third-order valence-electron chi connectivity index (χ3n) is 3.03. The van der Waals surface area contributed by atoms with Crippen LogP contribution in [0.2, 0.25) is 0 Å². The van der Waals surface area contributed by atoms with Gasteiger partial charge >= 0.3 is 0 Å². The molecule has 1 aromatic carbocycles. The molecule has 2 nitrogen and oxygen atoms in total. The molecule has 0 unspecified atom stereocenters. The summed E-state index contributed by atoms with van der Waals surface area (Å²) in [5.74, 6) is 0. The molecule has 0 aromatic heterocycles. The molecule has 0 amide bonds. The molecule has 0 bridgehead atoms. The summed E-state index contributed by atoms with van der Waals surface area (Å²) in [7, 11) is 0. The fourth-order valence-corrected chi connectivity index (χ4v) is 1.82. The van der Waals surface area contributed by atoms with Crippen LogP contribution in [0, 0.1) is 0 Å². The first kappa shape index (κ1) is 16.9. The van der Waals surface area contributed by atoms with Crippen molar-refractivity contribution in [1.82, 2.24) is 5.32 Å². The van der Waals surface area contributed by atoms with E-state index >= 15 is 0 Å². The van der Waals surface area contributed by atoms with Gasteiger partial charge in [-0.05, 0) is 58.2 Å². The largest absolute Gasteiger partial charge is 0.376 e. The zero-order valence-corrected chi connectivity index (χ0v) is 13.5. The summed E-state index contributed by atoms with van der Waals surface area (Å²) in [5.41, 5.74) is 3.97. The molecule has 0 aliphatic carbocycles. The van der Waals surface area contributed by atoms with E-state index in [1.807, 2.05) is 6.92 Å². The van der Waals surface area contributed by atoms with Gasteiger partial charge in [-0.2, -0.15) is 0 Å². The molecule has 0 saturated heterocycles. The van der Waals surface area contributed by atoms with Crippen molar-refractivity contribution in [3.8, 4) is 0 Å². The Morgan fingerprint density at radius 2 is 1.75 bits per heavy atom. The molecule has 1 rings (SSSR count). The number of hydrogen-bond donors (Lipinski definition) is 1. The summed E-state index contributed by atoms with van der Waals surface area (Å²) < 4.78 is 5.62. The molecule has 0 radical (unpaired) electrons. The second-order valence-electron chi connectivity index (χ2n) is 6.50. The van der Waals surface area contributed by atoms with Crippen LogP contribution in [-0.4, -0.2) is 18.7 Å². The van der Waals surface area contributed by atoms with E-state index in [0.29, 0.717) is 6.61 Å². The molecule has 0 saturated carbocycles. The van der Waals surface area contributed by atoms with E-state index in [1.54, 1.807) is 0 Å². The summed E-state index contributed by atoms with van der Waals surface area (Å²) in [6.07, 6.45) is 2.00. The van der Waals surface area contributed by atoms with Gasteiger partial charge in [0.1, 0.15) is 0 Å². The van der Waals surface area contributed by atoms with Crippen molar-refractivity contribution < 1.29 is 4.74 Å². The van der Waals surface area contributed by atoms with Crippen molar-refractivity contribution in [3.05, 3.63) is 47.5 Å². The van der Waals surface area contributed by atoms with Crippen LogP contribution < -0.4 is 5.32 Å². The van der Waals surface area contributed by atoms with Gasteiger partial charge in [0.05, 0.1) is 13.2 Å². The van der Waals surface area contributed by atoms with E-state index in [9.17, 15) is 0 Å². The Kier molecular flexibility index (Phi) is 6.97. The van der Waals surface area contributed by atoms with Crippen molar-refractivity contribution in [1.29, 1.82) is 0 Å². The predicted octanol–water partition coefficient (Wildman–Crippen LogP) is 4.10.